The number of rotatable bonds is 2. The van der Waals surface area contributed by atoms with E-state index in [1.54, 1.807) is 11.3 Å². The van der Waals surface area contributed by atoms with Crippen LogP contribution in [0.3, 0.4) is 0 Å². The minimum atomic E-state index is -0.177. The normalized spacial score (nSPS) is 17.3. The molecule has 0 atom stereocenters. The van der Waals surface area contributed by atoms with E-state index in [1.165, 1.54) is 0 Å². The third kappa shape index (κ3) is 3.91. The Bertz CT molecular complexity index is 458. The largest absolute Gasteiger partial charge is 0.333 e. The monoisotopic (exact) mass is 296 g/mol. The summed E-state index contributed by atoms with van der Waals surface area (Å²) >= 11 is 1.72. The van der Waals surface area contributed by atoms with E-state index in [-0.39, 0.29) is 11.6 Å². The van der Waals surface area contributed by atoms with Crippen LogP contribution in [0.4, 0.5) is 4.79 Å². The zero-order chi connectivity index (χ0) is 14.8. The van der Waals surface area contributed by atoms with Crippen LogP contribution in [0, 0.1) is 0 Å². The molecule has 2 amide bonds. The van der Waals surface area contributed by atoms with E-state index < -0.39 is 0 Å². The van der Waals surface area contributed by atoms with Gasteiger partial charge in [0.15, 0.2) is 0 Å². The number of aryl methyl sites for hydroxylation is 1. The lowest BCUT2D eigenvalue weighted by Crippen LogP contribution is -2.50. The van der Waals surface area contributed by atoms with Crippen molar-refractivity contribution in [2.75, 3.05) is 13.1 Å². The van der Waals surface area contributed by atoms with Crippen molar-refractivity contribution >= 4 is 17.4 Å². The van der Waals surface area contributed by atoms with Crippen molar-refractivity contribution in [3.8, 4) is 0 Å². The number of likely N-dealkylation sites (tertiary alicyclic amines) is 1. The summed E-state index contributed by atoms with van der Waals surface area (Å²) in [7, 11) is 0. The second-order valence-corrected chi connectivity index (χ2v) is 7.42. The second-order valence-electron chi connectivity index (χ2n) is 6.33. The molecule has 1 aliphatic heterocycles. The first-order valence-electron chi connectivity index (χ1n) is 7.28. The molecule has 2 rings (SSSR count). The predicted molar refractivity (Wildman–Crippen MR) is 81.1 cm³/mol. The number of amides is 2. The maximum Gasteiger partial charge on any atom is 0.317 e. The summed E-state index contributed by atoms with van der Waals surface area (Å²) in [6.45, 7) is 9.71. The Morgan fingerprint density at radius 1 is 1.35 bits per heavy atom. The van der Waals surface area contributed by atoms with Gasteiger partial charge >= 0.3 is 6.03 Å². The molecular weight excluding hydrogens is 272 g/mol. The smallest absolute Gasteiger partial charge is 0.317 e. The molecule has 0 radical (unpaired) electrons. The zero-order valence-corrected chi connectivity index (χ0v) is 13.6. The Labute approximate surface area is 124 Å². The van der Waals surface area contributed by atoms with Crippen LogP contribution in [-0.2, 0) is 6.42 Å². The van der Waals surface area contributed by atoms with Crippen LogP contribution < -0.4 is 5.32 Å². The number of nitrogens with zero attached hydrogens (tertiary/aromatic N) is 3. The summed E-state index contributed by atoms with van der Waals surface area (Å²) in [5.74, 6) is 0.464. The van der Waals surface area contributed by atoms with E-state index in [2.05, 4.69) is 22.4 Å². The lowest BCUT2D eigenvalue weighted by Gasteiger charge is -2.33. The van der Waals surface area contributed by atoms with Crippen molar-refractivity contribution in [1.29, 1.82) is 0 Å². The van der Waals surface area contributed by atoms with Gasteiger partial charge in [-0.2, -0.15) is 0 Å². The van der Waals surface area contributed by atoms with E-state index in [0.29, 0.717) is 5.92 Å². The van der Waals surface area contributed by atoms with Gasteiger partial charge in [-0.1, -0.05) is 6.92 Å². The van der Waals surface area contributed by atoms with Crippen molar-refractivity contribution in [3.05, 3.63) is 10.0 Å². The fraction of sp³-hybridized carbons (Fsp3) is 0.786. The maximum absolute atomic E-state index is 12.1. The van der Waals surface area contributed by atoms with Crippen LogP contribution in [0.15, 0.2) is 0 Å². The quantitative estimate of drug-likeness (QED) is 0.913. The molecule has 0 aromatic carbocycles. The van der Waals surface area contributed by atoms with Crippen LogP contribution in [0.1, 0.15) is 56.5 Å². The Hall–Kier alpha value is -1.17. The van der Waals surface area contributed by atoms with Gasteiger partial charge in [0.05, 0.1) is 0 Å². The molecule has 1 saturated heterocycles. The van der Waals surface area contributed by atoms with Crippen LogP contribution in [0.2, 0.25) is 0 Å². The Balaban J connectivity index is 1.87. The Morgan fingerprint density at radius 2 is 2.00 bits per heavy atom. The van der Waals surface area contributed by atoms with Crippen LogP contribution in [0.5, 0.6) is 0 Å². The highest BCUT2D eigenvalue weighted by Gasteiger charge is 2.27. The van der Waals surface area contributed by atoms with Crippen molar-refractivity contribution in [2.45, 2.75) is 58.4 Å². The minimum Gasteiger partial charge on any atom is -0.333 e. The fourth-order valence-electron chi connectivity index (χ4n) is 2.30. The number of hydrogen-bond acceptors (Lipinski definition) is 4. The Morgan fingerprint density at radius 3 is 2.50 bits per heavy atom. The molecule has 5 nitrogen and oxygen atoms in total. The zero-order valence-electron chi connectivity index (χ0n) is 12.8. The minimum absolute atomic E-state index is 0.0439. The summed E-state index contributed by atoms with van der Waals surface area (Å²) in [5, 5.41) is 13.7. The summed E-state index contributed by atoms with van der Waals surface area (Å²) in [5.41, 5.74) is -0.177. The van der Waals surface area contributed by atoms with Crippen molar-refractivity contribution in [2.24, 2.45) is 0 Å². The molecule has 1 aromatic heterocycles. The van der Waals surface area contributed by atoms with E-state index >= 15 is 0 Å². The van der Waals surface area contributed by atoms with Crippen molar-refractivity contribution in [3.63, 3.8) is 0 Å². The molecule has 0 aliphatic carbocycles. The molecule has 0 unspecified atom stereocenters. The van der Waals surface area contributed by atoms with Gasteiger partial charge in [-0.25, -0.2) is 4.79 Å². The number of carbonyl (C=O) groups excluding carboxylic acids is 1. The summed E-state index contributed by atoms with van der Waals surface area (Å²) in [6.07, 6.45) is 2.91. The van der Waals surface area contributed by atoms with E-state index in [9.17, 15) is 4.79 Å². The summed E-state index contributed by atoms with van der Waals surface area (Å²) in [6, 6.07) is 0.0439. The van der Waals surface area contributed by atoms with Crippen LogP contribution >= 0.6 is 11.3 Å². The van der Waals surface area contributed by atoms with Gasteiger partial charge in [0.25, 0.3) is 0 Å². The molecule has 1 N–H and O–H groups in total. The maximum atomic E-state index is 12.1. The molecule has 1 fully saturated rings. The van der Waals surface area contributed by atoms with Gasteiger partial charge in [-0.15, -0.1) is 21.5 Å². The van der Waals surface area contributed by atoms with Gasteiger partial charge in [-0.3, -0.25) is 0 Å². The first-order valence-corrected chi connectivity index (χ1v) is 8.10. The lowest BCUT2D eigenvalue weighted by molar-refractivity contribution is 0.173. The van der Waals surface area contributed by atoms with Crippen LogP contribution in [0.25, 0.3) is 0 Å². The number of nitrogens with one attached hydrogen (secondary N) is 1. The highest BCUT2D eigenvalue weighted by atomic mass is 32.1. The molecule has 6 heteroatoms. The first-order chi connectivity index (χ1) is 9.39. The van der Waals surface area contributed by atoms with E-state index in [4.69, 9.17) is 0 Å². The van der Waals surface area contributed by atoms with E-state index in [1.807, 2.05) is 25.7 Å². The first kappa shape index (κ1) is 15.2. The molecule has 1 aromatic rings. The Kier molecular flexibility index (Phi) is 4.62. The van der Waals surface area contributed by atoms with Gasteiger partial charge in [0, 0.05) is 24.5 Å². The highest BCUT2D eigenvalue weighted by Crippen LogP contribution is 2.30. The molecule has 112 valence electrons. The molecule has 0 saturated carbocycles. The average molecular weight is 296 g/mol. The fourth-order valence-corrected chi connectivity index (χ4v) is 3.26. The topological polar surface area (TPSA) is 58.1 Å². The van der Waals surface area contributed by atoms with Gasteiger partial charge < -0.3 is 10.2 Å². The number of carbonyl (C=O) groups is 1. The van der Waals surface area contributed by atoms with Crippen molar-refractivity contribution in [1.82, 2.24) is 20.4 Å². The SMILES string of the molecule is CCc1nnc(C2CCN(C(=O)NC(C)(C)C)CC2)s1. The second kappa shape index (κ2) is 6.08. The average Bonchev–Trinajstić information content (AvgIpc) is 2.85. The van der Waals surface area contributed by atoms with Gasteiger partial charge in [-0.05, 0) is 40.0 Å². The lowest BCUT2D eigenvalue weighted by atomic mass is 9.98. The number of aromatic nitrogens is 2. The van der Waals surface area contributed by atoms with Crippen LogP contribution in [-0.4, -0.2) is 39.8 Å². The van der Waals surface area contributed by atoms with Gasteiger partial charge in [0.1, 0.15) is 10.0 Å². The number of piperidine rings is 1. The molecule has 0 spiro atoms. The highest BCUT2D eigenvalue weighted by molar-refractivity contribution is 7.11. The third-order valence-corrected chi connectivity index (χ3v) is 4.63. The predicted octanol–water partition coefficient (Wildman–Crippen LogP) is 2.79. The van der Waals surface area contributed by atoms with Crippen molar-refractivity contribution < 1.29 is 4.79 Å². The molecular formula is C14H24N4OS. The number of urea groups is 1. The molecule has 1 aliphatic rings. The third-order valence-electron chi connectivity index (χ3n) is 3.40. The standard InChI is InChI=1S/C14H24N4OS/c1-5-11-16-17-12(20-11)10-6-8-18(9-7-10)13(19)15-14(2,3)4/h10H,5-9H2,1-4H3,(H,15,19). The molecule has 20 heavy (non-hydrogen) atoms. The van der Waals surface area contributed by atoms with Gasteiger partial charge in [0.2, 0.25) is 0 Å². The molecule has 0 bridgehead atoms. The summed E-state index contributed by atoms with van der Waals surface area (Å²) in [4.78, 5) is 14.0. The number of hydrogen-bond donors (Lipinski definition) is 1. The van der Waals surface area contributed by atoms with E-state index in [0.717, 1.165) is 42.4 Å². The summed E-state index contributed by atoms with van der Waals surface area (Å²) < 4.78 is 0. The molecule has 2 heterocycles.